The Bertz CT molecular complexity index is 816. The van der Waals surface area contributed by atoms with E-state index in [0.29, 0.717) is 5.75 Å². The summed E-state index contributed by atoms with van der Waals surface area (Å²) >= 11 is 0. The predicted octanol–water partition coefficient (Wildman–Crippen LogP) is 2.67. The first-order valence-electron chi connectivity index (χ1n) is 6.78. The standard InChI is InChI=1S/C16H13N3O3/c1-20-14-7-16-15(21-10-22-16)6-13(14)11-3-2-4-12(5-11)19-8-17-18-9-19/h2-9H,10H2,1H3. The maximum Gasteiger partial charge on any atom is 0.231 e. The van der Waals surface area contributed by atoms with Gasteiger partial charge in [-0.1, -0.05) is 12.1 Å². The number of benzene rings is 2. The van der Waals surface area contributed by atoms with Crippen LogP contribution in [0.15, 0.2) is 49.1 Å². The van der Waals surface area contributed by atoms with Crippen molar-refractivity contribution in [1.29, 1.82) is 0 Å². The summed E-state index contributed by atoms with van der Waals surface area (Å²) < 4.78 is 18.2. The second-order valence-electron chi connectivity index (χ2n) is 4.83. The first kappa shape index (κ1) is 12.7. The Balaban J connectivity index is 1.83. The van der Waals surface area contributed by atoms with Gasteiger partial charge in [0.1, 0.15) is 18.4 Å². The third-order valence-electron chi connectivity index (χ3n) is 3.57. The van der Waals surface area contributed by atoms with Crippen LogP contribution >= 0.6 is 0 Å². The zero-order chi connectivity index (χ0) is 14.9. The maximum absolute atomic E-state index is 5.49. The topological polar surface area (TPSA) is 58.4 Å². The van der Waals surface area contributed by atoms with Crippen molar-refractivity contribution in [3.63, 3.8) is 0 Å². The van der Waals surface area contributed by atoms with Crippen molar-refractivity contribution in [1.82, 2.24) is 14.8 Å². The van der Waals surface area contributed by atoms with E-state index in [4.69, 9.17) is 14.2 Å². The lowest BCUT2D eigenvalue weighted by molar-refractivity contribution is 0.174. The molecule has 110 valence electrons. The minimum atomic E-state index is 0.239. The van der Waals surface area contributed by atoms with Gasteiger partial charge in [0.25, 0.3) is 0 Å². The number of methoxy groups -OCH3 is 1. The Labute approximate surface area is 126 Å². The van der Waals surface area contributed by atoms with E-state index < -0.39 is 0 Å². The average Bonchev–Trinajstić information content (AvgIpc) is 3.24. The van der Waals surface area contributed by atoms with Crippen LogP contribution in [0.3, 0.4) is 0 Å². The molecule has 6 nitrogen and oxygen atoms in total. The SMILES string of the molecule is COc1cc2c(cc1-c1cccc(-n3cnnc3)c1)OCO2. The van der Waals surface area contributed by atoms with Crippen LogP contribution in [-0.2, 0) is 0 Å². The molecule has 0 amide bonds. The highest BCUT2D eigenvalue weighted by Crippen LogP contribution is 2.42. The lowest BCUT2D eigenvalue weighted by Crippen LogP contribution is -1.93. The predicted molar refractivity (Wildman–Crippen MR) is 79.5 cm³/mol. The molecule has 22 heavy (non-hydrogen) atoms. The largest absolute Gasteiger partial charge is 0.496 e. The quantitative estimate of drug-likeness (QED) is 0.743. The van der Waals surface area contributed by atoms with Crippen LogP contribution in [0.2, 0.25) is 0 Å². The summed E-state index contributed by atoms with van der Waals surface area (Å²) in [6, 6.07) is 11.8. The zero-order valence-corrected chi connectivity index (χ0v) is 11.9. The van der Waals surface area contributed by atoms with Gasteiger partial charge in [-0.15, -0.1) is 10.2 Å². The molecule has 0 N–H and O–H groups in total. The number of aromatic nitrogens is 3. The van der Waals surface area contributed by atoms with Crippen molar-refractivity contribution in [2.45, 2.75) is 0 Å². The van der Waals surface area contributed by atoms with Gasteiger partial charge in [-0.2, -0.15) is 0 Å². The van der Waals surface area contributed by atoms with Gasteiger partial charge in [0.2, 0.25) is 6.79 Å². The zero-order valence-electron chi connectivity index (χ0n) is 11.9. The van der Waals surface area contributed by atoms with Gasteiger partial charge in [-0.05, 0) is 23.8 Å². The molecule has 0 spiro atoms. The highest BCUT2D eigenvalue weighted by Gasteiger charge is 2.18. The van der Waals surface area contributed by atoms with Crippen LogP contribution in [0.25, 0.3) is 16.8 Å². The van der Waals surface area contributed by atoms with E-state index in [2.05, 4.69) is 10.2 Å². The fourth-order valence-electron chi connectivity index (χ4n) is 2.49. The summed E-state index contributed by atoms with van der Waals surface area (Å²) in [5, 5.41) is 7.67. The smallest absolute Gasteiger partial charge is 0.231 e. The molecule has 2 heterocycles. The van der Waals surface area contributed by atoms with Gasteiger partial charge in [0.15, 0.2) is 11.5 Å². The summed E-state index contributed by atoms with van der Waals surface area (Å²) in [6.45, 7) is 0.239. The van der Waals surface area contributed by atoms with E-state index in [1.54, 1.807) is 19.8 Å². The number of rotatable bonds is 3. The first-order valence-corrected chi connectivity index (χ1v) is 6.78. The molecule has 1 aliphatic rings. The van der Waals surface area contributed by atoms with E-state index in [1.165, 1.54) is 0 Å². The summed E-state index contributed by atoms with van der Waals surface area (Å²) in [4.78, 5) is 0. The summed E-state index contributed by atoms with van der Waals surface area (Å²) in [5.74, 6) is 2.17. The third kappa shape index (κ3) is 2.05. The Morgan fingerprint density at radius 2 is 1.82 bits per heavy atom. The number of ether oxygens (including phenoxy) is 3. The first-order chi connectivity index (χ1) is 10.8. The summed E-state index contributed by atoms with van der Waals surface area (Å²) in [7, 11) is 1.64. The second-order valence-corrected chi connectivity index (χ2v) is 4.83. The van der Waals surface area contributed by atoms with E-state index in [0.717, 1.165) is 28.3 Å². The Hall–Kier alpha value is -3.02. The van der Waals surface area contributed by atoms with Gasteiger partial charge >= 0.3 is 0 Å². The monoisotopic (exact) mass is 295 g/mol. The van der Waals surface area contributed by atoms with E-state index >= 15 is 0 Å². The molecular weight excluding hydrogens is 282 g/mol. The molecular formula is C16H13N3O3. The number of hydrogen-bond acceptors (Lipinski definition) is 5. The lowest BCUT2D eigenvalue weighted by atomic mass is 10.0. The molecule has 0 atom stereocenters. The van der Waals surface area contributed by atoms with Crippen molar-refractivity contribution in [2.24, 2.45) is 0 Å². The Morgan fingerprint density at radius 3 is 2.59 bits per heavy atom. The number of nitrogens with zero attached hydrogens (tertiary/aromatic N) is 3. The molecule has 0 radical (unpaired) electrons. The fraction of sp³-hybridized carbons (Fsp3) is 0.125. The number of fused-ring (bicyclic) bond motifs is 1. The van der Waals surface area contributed by atoms with Gasteiger partial charge < -0.3 is 14.2 Å². The van der Waals surface area contributed by atoms with Crippen molar-refractivity contribution in [2.75, 3.05) is 13.9 Å². The molecule has 0 bridgehead atoms. The molecule has 0 unspecified atom stereocenters. The molecule has 4 rings (SSSR count). The Kier molecular flexibility index (Phi) is 2.93. The van der Waals surface area contributed by atoms with Crippen LogP contribution in [0.1, 0.15) is 0 Å². The van der Waals surface area contributed by atoms with Crippen molar-refractivity contribution in [3.8, 4) is 34.1 Å². The molecule has 0 fully saturated rings. The molecule has 6 heteroatoms. The average molecular weight is 295 g/mol. The van der Waals surface area contributed by atoms with Gasteiger partial charge in [-0.25, -0.2) is 0 Å². The van der Waals surface area contributed by atoms with Gasteiger partial charge in [0.05, 0.1) is 7.11 Å². The van der Waals surface area contributed by atoms with Crippen molar-refractivity contribution >= 4 is 0 Å². The minimum absolute atomic E-state index is 0.239. The minimum Gasteiger partial charge on any atom is -0.496 e. The lowest BCUT2D eigenvalue weighted by Gasteiger charge is -2.11. The van der Waals surface area contributed by atoms with Crippen LogP contribution in [0.5, 0.6) is 17.2 Å². The van der Waals surface area contributed by atoms with Crippen LogP contribution < -0.4 is 14.2 Å². The van der Waals surface area contributed by atoms with Gasteiger partial charge in [-0.3, -0.25) is 4.57 Å². The Morgan fingerprint density at radius 1 is 1.05 bits per heavy atom. The molecule has 0 saturated heterocycles. The molecule has 2 aromatic carbocycles. The summed E-state index contributed by atoms with van der Waals surface area (Å²) in [6.07, 6.45) is 3.33. The third-order valence-corrected chi connectivity index (χ3v) is 3.57. The van der Waals surface area contributed by atoms with Crippen LogP contribution in [0, 0.1) is 0 Å². The van der Waals surface area contributed by atoms with E-state index in [-0.39, 0.29) is 6.79 Å². The van der Waals surface area contributed by atoms with E-state index in [1.807, 2.05) is 41.0 Å². The molecule has 3 aromatic rings. The fourth-order valence-corrected chi connectivity index (χ4v) is 2.49. The highest BCUT2D eigenvalue weighted by molar-refractivity contribution is 5.75. The normalized spacial score (nSPS) is 12.4. The van der Waals surface area contributed by atoms with E-state index in [9.17, 15) is 0 Å². The molecule has 0 saturated carbocycles. The molecule has 0 aliphatic carbocycles. The van der Waals surface area contributed by atoms with Crippen molar-refractivity contribution in [3.05, 3.63) is 49.1 Å². The summed E-state index contributed by atoms with van der Waals surface area (Å²) in [5.41, 5.74) is 2.94. The molecule has 1 aromatic heterocycles. The highest BCUT2D eigenvalue weighted by atomic mass is 16.7. The van der Waals surface area contributed by atoms with Gasteiger partial charge in [0, 0.05) is 17.3 Å². The maximum atomic E-state index is 5.49. The number of hydrogen-bond donors (Lipinski definition) is 0. The second kappa shape index (κ2) is 5.07. The van der Waals surface area contributed by atoms with Crippen molar-refractivity contribution < 1.29 is 14.2 Å². The van der Waals surface area contributed by atoms with Crippen LogP contribution in [-0.4, -0.2) is 28.7 Å². The molecule has 1 aliphatic heterocycles. The van der Waals surface area contributed by atoms with Crippen LogP contribution in [0.4, 0.5) is 0 Å².